The molecule has 0 bridgehead atoms. The first-order valence-electron chi connectivity index (χ1n) is 7.45. The van der Waals surface area contributed by atoms with Gasteiger partial charge in [0.1, 0.15) is 5.76 Å². The first kappa shape index (κ1) is 15.8. The van der Waals surface area contributed by atoms with Crippen molar-refractivity contribution in [3.05, 3.63) is 47.9 Å². The smallest absolute Gasteiger partial charge is 0.146 e. The van der Waals surface area contributed by atoms with E-state index in [-0.39, 0.29) is 5.71 Å². The third kappa shape index (κ3) is 4.22. The fourth-order valence-corrected chi connectivity index (χ4v) is 2.02. The van der Waals surface area contributed by atoms with E-state index in [1.165, 1.54) is 0 Å². The molecular weight excluding hydrogens is 276 g/mol. The van der Waals surface area contributed by atoms with Crippen molar-refractivity contribution in [3.8, 4) is 0 Å². The lowest BCUT2D eigenvalue weighted by molar-refractivity contribution is 0.224. The molecule has 1 aliphatic rings. The van der Waals surface area contributed by atoms with Gasteiger partial charge in [0.25, 0.3) is 0 Å². The van der Waals surface area contributed by atoms with Crippen LogP contribution in [0.3, 0.4) is 0 Å². The highest BCUT2D eigenvalue weighted by molar-refractivity contribution is 6.22. The monoisotopic (exact) mass is 298 g/mol. The number of benzene rings is 1. The maximum atomic E-state index is 7.93. The molecule has 0 saturated carbocycles. The Hall–Kier alpha value is -2.56. The summed E-state index contributed by atoms with van der Waals surface area (Å²) in [6.45, 7) is 2.74. The number of anilines is 1. The minimum atomic E-state index is 0.283. The highest BCUT2D eigenvalue weighted by Crippen LogP contribution is 2.19. The fraction of sp³-hybridized carbons (Fsp3) is 0.294. The predicted molar refractivity (Wildman–Crippen MR) is 91.5 cm³/mol. The van der Waals surface area contributed by atoms with Gasteiger partial charge in [0.15, 0.2) is 0 Å². The van der Waals surface area contributed by atoms with Crippen molar-refractivity contribution in [3.63, 3.8) is 0 Å². The predicted octanol–water partition coefficient (Wildman–Crippen LogP) is 3.31. The lowest BCUT2D eigenvalue weighted by atomic mass is 10.1. The van der Waals surface area contributed by atoms with Crippen molar-refractivity contribution in [2.45, 2.75) is 26.2 Å². The van der Waals surface area contributed by atoms with E-state index in [1.807, 2.05) is 12.1 Å². The summed E-state index contributed by atoms with van der Waals surface area (Å²) in [6, 6.07) is 7.22. The second-order valence-corrected chi connectivity index (χ2v) is 5.17. The van der Waals surface area contributed by atoms with Crippen LogP contribution in [0.5, 0.6) is 0 Å². The lowest BCUT2D eigenvalue weighted by Gasteiger charge is -2.15. The van der Waals surface area contributed by atoms with Gasteiger partial charge in [-0.15, -0.1) is 0 Å². The van der Waals surface area contributed by atoms with E-state index in [9.17, 15) is 0 Å². The van der Waals surface area contributed by atoms with E-state index in [0.29, 0.717) is 29.5 Å². The van der Waals surface area contributed by atoms with Crippen LogP contribution in [-0.2, 0) is 4.74 Å². The molecule has 0 heterocycles. The van der Waals surface area contributed by atoms with Gasteiger partial charge in [-0.05, 0) is 36.8 Å². The number of nitrogens with one attached hydrogen (secondary N) is 1. The van der Waals surface area contributed by atoms with Crippen LogP contribution in [0.15, 0.2) is 52.9 Å². The maximum absolute atomic E-state index is 7.93. The van der Waals surface area contributed by atoms with Crippen LogP contribution >= 0.6 is 0 Å². The number of hydrogen-bond donors (Lipinski definition) is 3. The van der Waals surface area contributed by atoms with E-state index in [0.717, 1.165) is 24.9 Å². The SMILES string of the molecule is CCCCCOC1=C/C(=N/c2ccc(N)cc2)C(N)=CC1=N. The van der Waals surface area contributed by atoms with E-state index in [1.54, 1.807) is 24.3 Å². The number of allylic oxidation sites excluding steroid dienone is 2. The topological polar surface area (TPSA) is 97.5 Å². The molecule has 1 aliphatic carbocycles. The van der Waals surface area contributed by atoms with Crippen LogP contribution in [0.1, 0.15) is 26.2 Å². The van der Waals surface area contributed by atoms with Gasteiger partial charge in [0.05, 0.1) is 29.4 Å². The second kappa shape index (κ2) is 7.45. The molecule has 0 saturated heterocycles. The standard InChI is InChI=1S/C17H22N4O/c1-2-3-4-9-22-17-11-16(14(19)10-15(17)20)21-13-7-5-12(18)6-8-13/h5-8,10-11,20H,2-4,9,18-19H2,1H3/b20-15?,21-16-. The number of aliphatic imine (C=N–C) groups is 1. The molecule has 1 aromatic rings. The van der Waals surface area contributed by atoms with Crippen molar-refractivity contribution in [1.29, 1.82) is 5.41 Å². The molecule has 2 rings (SSSR count). The van der Waals surface area contributed by atoms with Gasteiger partial charge < -0.3 is 16.2 Å². The zero-order valence-electron chi connectivity index (χ0n) is 12.8. The van der Waals surface area contributed by atoms with Gasteiger partial charge in [-0.1, -0.05) is 19.8 Å². The molecule has 0 unspecified atom stereocenters. The molecular formula is C17H22N4O. The second-order valence-electron chi connectivity index (χ2n) is 5.17. The summed E-state index contributed by atoms with van der Waals surface area (Å²) in [5.74, 6) is 0.513. The van der Waals surface area contributed by atoms with E-state index < -0.39 is 0 Å². The quantitative estimate of drug-likeness (QED) is 0.427. The number of nitrogens with zero attached hydrogens (tertiary/aromatic N) is 1. The summed E-state index contributed by atoms with van der Waals surface area (Å²) < 4.78 is 5.67. The van der Waals surface area contributed by atoms with Gasteiger partial charge in [0, 0.05) is 11.8 Å². The highest BCUT2D eigenvalue weighted by Gasteiger charge is 2.15. The molecule has 5 nitrogen and oxygen atoms in total. The van der Waals surface area contributed by atoms with Crippen molar-refractivity contribution in [2.75, 3.05) is 12.3 Å². The average molecular weight is 298 g/mol. The van der Waals surface area contributed by atoms with Crippen molar-refractivity contribution < 1.29 is 4.74 Å². The maximum Gasteiger partial charge on any atom is 0.146 e. The third-order valence-corrected chi connectivity index (χ3v) is 3.28. The van der Waals surface area contributed by atoms with Gasteiger partial charge in [-0.25, -0.2) is 4.99 Å². The summed E-state index contributed by atoms with van der Waals surface area (Å²) in [4.78, 5) is 4.48. The third-order valence-electron chi connectivity index (χ3n) is 3.28. The Morgan fingerprint density at radius 3 is 2.50 bits per heavy atom. The van der Waals surface area contributed by atoms with Crippen LogP contribution < -0.4 is 11.5 Å². The largest absolute Gasteiger partial charge is 0.491 e. The molecule has 0 radical (unpaired) electrons. The Balaban J connectivity index is 2.14. The Kier molecular flexibility index (Phi) is 5.36. The summed E-state index contributed by atoms with van der Waals surface area (Å²) >= 11 is 0. The van der Waals surface area contributed by atoms with Crippen molar-refractivity contribution >= 4 is 22.8 Å². The van der Waals surface area contributed by atoms with E-state index in [4.69, 9.17) is 21.6 Å². The van der Waals surface area contributed by atoms with Crippen LogP contribution in [0.4, 0.5) is 11.4 Å². The molecule has 0 amide bonds. The molecule has 1 aromatic carbocycles. The van der Waals surface area contributed by atoms with Gasteiger partial charge in [-0.3, -0.25) is 5.41 Å². The van der Waals surface area contributed by atoms with Crippen LogP contribution in [0.2, 0.25) is 0 Å². The van der Waals surface area contributed by atoms with Crippen molar-refractivity contribution in [2.24, 2.45) is 10.7 Å². The number of rotatable bonds is 6. The lowest BCUT2D eigenvalue weighted by Crippen LogP contribution is -2.19. The molecule has 0 aromatic heterocycles. The Morgan fingerprint density at radius 1 is 1.09 bits per heavy atom. The molecule has 22 heavy (non-hydrogen) atoms. The van der Waals surface area contributed by atoms with Crippen LogP contribution in [0, 0.1) is 5.41 Å². The Labute approximate surface area is 130 Å². The number of unbranched alkanes of at least 4 members (excludes halogenated alkanes) is 2. The molecule has 116 valence electrons. The number of nitrogens with two attached hydrogens (primary N) is 2. The summed E-state index contributed by atoms with van der Waals surface area (Å²) in [7, 11) is 0. The zero-order valence-corrected chi connectivity index (χ0v) is 12.8. The summed E-state index contributed by atoms with van der Waals surface area (Å²) in [5, 5.41) is 7.93. The number of ether oxygens (including phenoxy) is 1. The molecule has 0 fully saturated rings. The Bertz CT molecular complexity index is 627. The summed E-state index contributed by atoms with van der Waals surface area (Å²) in [6.07, 6.45) is 6.53. The Morgan fingerprint density at radius 2 is 1.82 bits per heavy atom. The summed E-state index contributed by atoms with van der Waals surface area (Å²) in [5.41, 5.74) is 14.4. The molecule has 0 aliphatic heterocycles. The first-order valence-corrected chi connectivity index (χ1v) is 7.45. The average Bonchev–Trinajstić information content (AvgIpc) is 2.50. The van der Waals surface area contributed by atoms with Crippen LogP contribution in [0.25, 0.3) is 0 Å². The van der Waals surface area contributed by atoms with Crippen LogP contribution in [-0.4, -0.2) is 18.0 Å². The zero-order chi connectivity index (χ0) is 15.9. The van der Waals surface area contributed by atoms with Gasteiger partial charge in [0.2, 0.25) is 0 Å². The van der Waals surface area contributed by atoms with E-state index in [2.05, 4.69) is 11.9 Å². The normalized spacial score (nSPS) is 16.4. The van der Waals surface area contributed by atoms with Gasteiger partial charge >= 0.3 is 0 Å². The fourth-order valence-electron chi connectivity index (χ4n) is 2.02. The molecule has 5 N–H and O–H groups in total. The minimum absolute atomic E-state index is 0.283. The van der Waals surface area contributed by atoms with E-state index >= 15 is 0 Å². The molecule has 5 heteroatoms. The molecule has 0 atom stereocenters. The number of nitrogen functional groups attached to an aromatic ring is 1. The highest BCUT2D eigenvalue weighted by atomic mass is 16.5. The van der Waals surface area contributed by atoms with Gasteiger partial charge in [-0.2, -0.15) is 0 Å². The first-order chi connectivity index (χ1) is 10.6. The van der Waals surface area contributed by atoms with Crippen molar-refractivity contribution in [1.82, 2.24) is 0 Å². The number of hydrogen-bond acceptors (Lipinski definition) is 5. The minimum Gasteiger partial charge on any atom is -0.491 e. The molecule has 0 spiro atoms.